The van der Waals surface area contributed by atoms with Crippen molar-refractivity contribution in [1.29, 1.82) is 0 Å². The van der Waals surface area contributed by atoms with Crippen molar-refractivity contribution in [3.8, 4) is 10.4 Å². The molecule has 0 amide bonds. The molecule has 1 aromatic heterocycles. The molecule has 2 nitrogen and oxygen atoms in total. The van der Waals surface area contributed by atoms with Crippen LogP contribution in [0.5, 0.6) is 0 Å². The number of carbonyl (C=O) groups excluding carboxylic acids is 2. The fourth-order valence-electron chi connectivity index (χ4n) is 5.91. The Morgan fingerprint density at radius 2 is 1.59 bits per heavy atom. The molecule has 4 aliphatic rings. The van der Waals surface area contributed by atoms with Gasteiger partial charge in [-0.05, 0) is 78.8 Å². The fraction of sp³-hybridized carbons (Fsp3) is 0.478. The van der Waals surface area contributed by atoms with E-state index in [1.54, 1.807) is 0 Å². The van der Waals surface area contributed by atoms with Crippen LogP contribution in [0.1, 0.15) is 49.7 Å². The monoisotopic (exact) mass is 398 g/mol. The number of carbonyl (C=O) groups is 2. The molecule has 4 fully saturated rings. The van der Waals surface area contributed by atoms with Gasteiger partial charge in [-0.15, -0.1) is 11.3 Å². The van der Waals surface area contributed by atoms with Gasteiger partial charge in [-0.3, -0.25) is 9.59 Å². The van der Waals surface area contributed by atoms with E-state index in [9.17, 15) is 9.59 Å². The highest BCUT2D eigenvalue weighted by Gasteiger charge is 2.59. The van der Waals surface area contributed by atoms with Gasteiger partial charge in [-0.25, -0.2) is 0 Å². The van der Waals surface area contributed by atoms with Crippen LogP contribution >= 0.6 is 22.9 Å². The lowest BCUT2D eigenvalue weighted by Gasteiger charge is -2.43. The van der Waals surface area contributed by atoms with Crippen LogP contribution in [0.4, 0.5) is 0 Å². The summed E-state index contributed by atoms with van der Waals surface area (Å²) in [6, 6.07) is 10.2. The second kappa shape index (κ2) is 6.56. The Kier molecular flexibility index (Phi) is 4.29. The van der Waals surface area contributed by atoms with Gasteiger partial charge < -0.3 is 0 Å². The quantitative estimate of drug-likeness (QED) is 0.601. The van der Waals surface area contributed by atoms with Gasteiger partial charge in [0.15, 0.2) is 11.6 Å². The fourth-order valence-corrected chi connectivity index (χ4v) is 6.95. The van der Waals surface area contributed by atoms with E-state index in [4.69, 9.17) is 11.6 Å². The zero-order valence-corrected chi connectivity index (χ0v) is 17.0. The molecule has 3 atom stereocenters. The Morgan fingerprint density at radius 3 is 2.11 bits per heavy atom. The Labute approximate surface area is 168 Å². The maximum absolute atomic E-state index is 13.4. The third kappa shape index (κ3) is 2.66. The van der Waals surface area contributed by atoms with Gasteiger partial charge in [0, 0.05) is 16.7 Å². The first-order valence-corrected chi connectivity index (χ1v) is 11.2. The summed E-state index contributed by atoms with van der Waals surface area (Å²) in [4.78, 5) is 27.9. The summed E-state index contributed by atoms with van der Waals surface area (Å²) in [5.74, 6) is 0.702. The van der Waals surface area contributed by atoms with Crippen molar-refractivity contribution in [2.24, 2.45) is 23.7 Å². The molecule has 4 aliphatic carbocycles. The highest BCUT2D eigenvalue weighted by atomic mass is 35.5. The van der Waals surface area contributed by atoms with E-state index in [-0.39, 0.29) is 23.4 Å². The molecular weight excluding hydrogens is 376 g/mol. The Balaban J connectivity index is 1.59. The molecule has 2 aromatic rings. The molecule has 140 valence electrons. The third-order valence-electron chi connectivity index (χ3n) is 7.14. The molecule has 0 N–H and O–H groups in total. The van der Waals surface area contributed by atoms with E-state index in [1.165, 1.54) is 11.3 Å². The summed E-state index contributed by atoms with van der Waals surface area (Å²) in [6.45, 7) is 2.10. The standard InChI is InChI=1S/C23H23ClO2S/c1-2-12-3-8-15(17-9-10-18(24)27-17)11-16(12)21-22(25)19-13-4-5-14(7-6-13)20(19)23(21)26/h3,8-11,13-14,19-21H,2,4-7H2,1H3/t13?,14?,19-,20+,21?. The van der Waals surface area contributed by atoms with Gasteiger partial charge in [0.1, 0.15) is 5.92 Å². The number of ketones is 2. The zero-order chi connectivity index (χ0) is 18.7. The molecule has 1 aromatic carbocycles. The summed E-state index contributed by atoms with van der Waals surface area (Å²) in [5, 5.41) is 0. The van der Waals surface area contributed by atoms with Crippen molar-refractivity contribution in [1.82, 2.24) is 0 Å². The van der Waals surface area contributed by atoms with Crippen molar-refractivity contribution in [3.05, 3.63) is 45.8 Å². The zero-order valence-electron chi connectivity index (χ0n) is 15.4. The summed E-state index contributed by atoms with van der Waals surface area (Å²) in [7, 11) is 0. The summed E-state index contributed by atoms with van der Waals surface area (Å²) >= 11 is 7.65. The van der Waals surface area contributed by atoms with E-state index in [1.807, 2.05) is 12.1 Å². The van der Waals surface area contributed by atoms with Crippen LogP contribution < -0.4 is 0 Å². The SMILES string of the molecule is CCc1ccc(-c2ccc(Cl)s2)cc1C1C(=O)[C@@H]2C3CCC(CC3)[C@@H]2C1=O. The maximum Gasteiger partial charge on any atom is 0.151 e. The number of hydrogen-bond donors (Lipinski definition) is 0. The Hall–Kier alpha value is -1.45. The second-order valence-corrected chi connectivity index (χ2v) is 10.1. The van der Waals surface area contributed by atoms with E-state index in [0.29, 0.717) is 11.8 Å². The molecule has 27 heavy (non-hydrogen) atoms. The van der Waals surface area contributed by atoms with Crippen LogP contribution in [0, 0.1) is 23.7 Å². The normalized spacial score (nSPS) is 32.1. The number of hydrogen-bond acceptors (Lipinski definition) is 3. The minimum absolute atomic E-state index is 0.0143. The van der Waals surface area contributed by atoms with Crippen LogP contribution in [0.15, 0.2) is 30.3 Å². The second-order valence-electron chi connectivity index (χ2n) is 8.34. The van der Waals surface area contributed by atoms with E-state index < -0.39 is 5.92 Å². The van der Waals surface area contributed by atoms with Gasteiger partial charge in [0.2, 0.25) is 0 Å². The van der Waals surface area contributed by atoms with Crippen LogP contribution in [0.3, 0.4) is 0 Å². The predicted molar refractivity (Wildman–Crippen MR) is 109 cm³/mol. The smallest absolute Gasteiger partial charge is 0.151 e. The number of halogens is 1. The first-order chi connectivity index (χ1) is 13.1. The number of Topliss-reactive ketones (excluding diaryl/α,β-unsaturated/α-hetero) is 2. The number of rotatable bonds is 3. The number of benzene rings is 1. The van der Waals surface area contributed by atoms with Crippen molar-refractivity contribution in [3.63, 3.8) is 0 Å². The molecule has 0 spiro atoms. The van der Waals surface area contributed by atoms with Crippen molar-refractivity contribution < 1.29 is 9.59 Å². The highest BCUT2D eigenvalue weighted by Crippen LogP contribution is 2.56. The van der Waals surface area contributed by atoms with Gasteiger partial charge >= 0.3 is 0 Å². The Morgan fingerprint density at radius 1 is 0.963 bits per heavy atom. The Bertz CT molecular complexity index is 892. The van der Waals surface area contributed by atoms with E-state index >= 15 is 0 Å². The van der Waals surface area contributed by atoms with Crippen molar-refractivity contribution in [2.75, 3.05) is 0 Å². The lowest BCUT2D eigenvalue weighted by molar-refractivity contribution is -0.129. The minimum Gasteiger partial charge on any atom is -0.298 e. The first-order valence-electron chi connectivity index (χ1n) is 10.0. The van der Waals surface area contributed by atoms with E-state index in [2.05, 4.69) is 25.1 Å². The molecule has 4 heteroatoms. The van der Waals surface area contributed by atoms with Crippen molar-refractivity contribution >= 4 is 34.5 Å². The topological polar surface area (TPSA) is 34.1 Å². The van der Waals surface area contributed by atoms with Crippen LogP contribution in [0.2, 0.25) is 4.34 Å². The first kappa shape index (κ1) is 17.6. The average Bonchev–Trinajstić information content (AvgIpc) is 3.25. The number of aryl methyl sites for hydroxylation is 1. The molecule has 0 aliphatic heterocycles. The van der Waals surface area contributed by atoms with Crippen molar-refractivity contribution in [2.45, 2.75) is 44.9 Å². The molecule has 0 saturated heterocycles. The summed E-state index contributed by atoms with van der Waals surface area (Å²) in [6.07, 6.45) is 5.36. The number of thiophene rings is 1. The largest absolute Gasteiger partial charge is 0.298 e. The molecule has 4 saturated carbocycles. The summed E-state index contributed by atoms with van der Waals surface area (Å²) in [5.41, 5.74) is 3.12. The minimum atomic E-state index is -0.550. The molecule has 2 bridgehead atoms. The van der Waals surface area contributed by atoms with Crippen LogP contribution in [0.25, 0.3) is 10.4 Å². The maximum atomic E-state index is 13.4. The van der Waals surface area contributed by atoms with E-state index in [0.717, 1.165) is 58.0 Å². The number of fused-ring (bicyclic) bond motifs is 2. The lowest BCUT2D eigenvalue weighted by atomic mass is 9.59. The summed E-state index contributed by atoms with van der Waals surface area (Å²) < 4.78 is 0.752. The molecule has 1 heterocycles. The lowest BCUT2D eigenvalue weighted by Crippen LogP contribution is -2.41. The van der Waals surface area contributed by atoms with Gasteiger partial charge in [-0.2, -0.15) is 0 Å². The molecule has 6 rings (SSSR count). The van der Waals surface area contributed by atoms with Gasteiger partial charge in [0.05, 0.1) is 4.34 Å². The molecule has 0 radical (unpaired) electrons. The third-order valence-corrected chi connectivity index (χ3v) is 8.42. The van der Waals surface area contributed by atoms with Gasteiger partial charge in [0.25, 0.3) is 0 Å². The highest BCUT2D eigenvalue weighted by molar-refractivity contribution is 7.19. The van der Waals surface area contributed by atoms with Crippen LogP contribution in [-0.2, 0) is 16.0 Å². The van der Waals surface area contributed by atoms with Crippen LogP contribution in [-0.4, -0.2) is 11.6 Å². The molecular formula is C23H23ClO2S. The van der Waals surface area contributed by atoms with Gasteiger partial charge in [-0.1, -0.05) is 30.7 Å². The predicted octanol–water partition coefficient (Wildman–Crippen LogP) is 5.92. The molecule has 1 unspecified atom stereocenters. The average molecular weight is 399 g/mol.